The number of Topliss-reactive ketones (excluding diaryl/α,β-unsaturated/α-hetero) is 2. The molecule has 2 atom stereocenters. The molecule has 6 nitrogen and oxygen atoms in total. The van der Waals surface area contributed by atoms with Crippen LogP contribution < -0.4 is 5.32 Å². The van der Waals surface area contributed by atoms with Crippen LogP contribution in [0.25, 0.3) is 0 Å². The molecule has 1 amide bonds. The van der Waals surface area contributed by atoms with Crippen molar-refractivity contribution < 1.29 is 23.9 Å². The zero-order valence-electron chi connectivity index (χ0n) is 13.6. The van der Waals surface area contributed by atoms with Gasteiger partial charge >= 0.3 is 0 Å². The highest BCUT2D eigenvalue weighted by Crippen LogP contribution is 2.26. The van der Waals surface area contributed by atoms with Crippen LogP contribution in [-0.4, -0.2) is 50.4 Å². The lowest BCUT2D eigenvalue weighted by Gasteiger charge is -2.08. The lowest BCUT2D eigenvalue weighted by molar-refractivity contribution is -0.128. The van der Waals surface area contributed by atoms with Gasteiger partial charge in [-0.2, -0.15) is 0 Å². The molecular formula is C16H27NO5. The molecule has 0 spiro atoms. The van der Waals surface area contributed by atoms with Gasteiger partial charge in [0.2, 0.25) is 5.91 Å². The molecule has 0 heterocycles. The van der Waals surface area contributed by atoms with Gasteiger partial charge in [-0.15, -0.1) is 0 Å². The van der Waals surface area contributed by atoms with E-state index in [1.165, 1.54) is 0 Å². The molecule has 126 valence electrons. The van der Waals surface area contributed by atoms with Gasteiger partial charge in [0.1, 0.15) is 11.6 Å². The number of carbonyl (C=O) groups excluding carboxylic acids is 3. The Morgan fingerprint density at radius 1 is 1.23 bits per heavy atom. The summed E-state index contributed by atoms with van der Waals surface area (Å²) < 4.78 is 10.5. The fourth-order valence-corrected chi connectivity index (χ4v) is 2.48. The Kier molecular flexibility index (Phi) is 8.92. The van der Waals surface area contributed by atoms with Crippen molar-refractivity contribution in [3.8, 4) is 0 Å². The number of ether oxygens (including phenoxy) is 2. The van der Waals surface area contributed by atoms with E-state index in [1.54, 1.807) is 6.92 Å². The van der Waals surface area contributed by atoms with Gasteiger partial charge in [0.05, 0.1) is 19.1 Å². The smallest absolute Gasteiger partial charge is 0.220 e. The van der Waals surface area contributed by atoms with Crippen molar-refractivity contribution in [1.29, 1.82) is 0 Å². The molecule has 0 aromatic heterocycles. The van der Waals surface area contributed by atoms with Gasteiger partial charge < -0.3 is 14.8 Å². The summed E-state index contributed by atoms with van der Waals surface area (Å²) in [4.78, 5) is 35.1. The maximum Gasteiger partial charge on any atom is 0.220 e. The van der Waals surface area contributed by atoms with Crippen LogP contribution in [0, 0.1) is 11.8 Å². The monoisotopic (exact) mass is 313 g/mol. The first kappa shape index (κ1) is 18.8. The van der Waals surface area contributed by atoms with Gasteiger partial charge in [-0.25, -0.2) is 0 Å². The maximum absolute atomic E-state index is 11.8. The van der Waals surface area contributed by atoms with Gasteiger partial charge in [0.15, 0.2) is 0 Å². The molecule has 6 heteroatoms. The Morgan fingerprint density at radius 3 is 2.59 bits per heavy atom. The maximum atomic E-state index is 11.8. The van der Waals surface area contributed by atoms with Gasteiger partial charge in [0, 0.05) is 38.5 Å². The number of nitrogens with one attached hydrogen (secondary N) is 1. The normalized spacial score (nSPS) is 21.4. The summed E-state index contributed by atoms with van der Waals surface area (Å²) in [7, 11) is 0. The average molecular weight is 313 g/mol. The molecule has 0 aromatic rings. The first-order valence-electron chi connectivity index (χ1n) is 8.04. The molecule has 0 aromatic carbocycles. The Balaban J connectivity index is 2.02. The highest BCUT2D eigenvalue weighted by molar-refractivity contribution is 6.09. The van der Waals surface area contributed by atoms with Crippen LogP contribution in [0.3, 0.4) is 0 Å². The second-order valence-electron chi connectivity index (χ2n) is 5.58. The summed E-state index contributed by atoms with van der Waals surface area (Å²) in [6.07, 6.45) is 1.61. The molecule has 1 saturated carbocycles. The Morgan fingerprint density at radius 2 is 1.95 bits per heavy atom. The van der Waals surface area contributed by atoms with E-state index in [9.17, 15) is 14.4 Å². The number of ketones is 2. The van der Waals surface area contributed by atoms with Crippen LogP contribution in [0.5, 0.6) is 0 Å². The summed E-state index contributed by atoms with van der Waals surface area (Å²) in [5.74, 6) is -0.903. The summed E-state index contributed by atoms with van der Waals surface area (Å²) in [6.45, 7) is 6.65. The number of carbonyl (C=O) groups is 3. The molecule has 2 unspecified atom stereocenters. The fourth-order valence-electron chi connectivity index (χ4n) is 2.48. The van der Waals surface area contributed by atoms with E-state index in [4.69, 9.17) is 9.47 Å². The molecule has 0 saturated heterocycles. The molecule has 1 aliphatic carbocycles. The minimum Gasteiger partial charge on any atom is -0.379 e. The van der Waals surface area contributed by atoms with E-state index < -0.39 is 5.92 Å². The van der Waals surface area contributed by atoms with Crippen LogP contribution in [-0.2, 0) is 23.9 Å². The van der Waals surface area contributed by atoms with Gasteiger partial charge in [0.25, 0.3) is 0 Å². The second-order valence-corrected chi connectivity index (χ2v) is 5.58. The summed E-state index contributed by atoms with van der Waals surface area (Å²) in [5.41, 5.74) is 0. The number of hydrogen-bond acceptors (Lipinski definition) is 5. The fraction of sp³-hybridized carbons (Fsp3) is 0.812. The van der Waals surface area contributed by atoms with Crippen molar-refractivity contribution in [3.63, 3.8) is 0 Å². The molecule has 1 N–H and O–H groups in total. The van der Waals surface area contributed by atoms with E-state index in [0.29, 0.717) is 45.8 Å². The molecule has 1 rings (SSSR count). The predicted molar refractivity (Wildman–Crippen MR) is 81.5 cm³/mol. The Hall–Kier alpha value is -1.27. The highest BCUT2D eigenvalue weighted by Gasteiger charge is 2.38. The van der Waals surface area contributed by atoms with Crippen LogP contribution in [0.1, 0.15) is 39.5 Å². The molecule has 22 heavy (non-hydrogen) atoms. The first-order valence-corrected chi connectivity index (χ1v) is 8.04. The topological polar surface area (TPSA) is 81.7 Å². The van der Waals surface area contributed by atoms with E-state index in [1.807, 2.05) is 6.92 Å². The van der Waals surface area contributed by atoms with Crippen LogP contribution in [0.2, 0.25) is 0 Å². The van der Waals surface area contributed by atoms with Crippen molar-refractivity contribution in [1.82, 2.24) is 5.32 Å². The summed E-state index contributed by atoms with van der Waals surface area (Å²) in [5, 5.41) is 2.78. The lowest BCUT2D eigenvalue weighted by Crippen LogP contribution is -2.27. The van der Waals surface area contributed by atoms with Crippen LogP contribution in [0.4, 0.5) is 0 Å². The minimum atomic E-state index is -0.567. The third kappa shape index (κ3) is 6.66. The van der Waals surface area contributed by atoms with Gasteiger partial charge in [-0.05, 0) is 19.8 Å². The summed E-state index contributed by atoms with van der Waals surface area (Å²) in [6, 6.07) is 0. The third-order valence-electron chi connectivity index (χ3n) is 3.75. The number of rotatable bonds is 11. The summed E-state index contributed by atoms with van der Waals surface area (Å²) >= 11 is 0. The Labute approximate surface area is 131 Å². The molecule has 0 bridgehead atoms. The van der Waals surface area contributed by atoms with Crippen molar-refractivity contribution in [3.05, 3.63) is 0 Å². The standard InChI is InChI=1S/C16H27NO5/c1-3-21-9-10-22-8-4-7-17-15(19)6-5-13-14(18)11-12(2)16(13)20/h12-13H,3-11H2,1-2H3,(H,17,19). The zero-order chi connectivity index (χ0) is 16.4. The van der Waals surface area contributed by atoms with Crippen molar-refractivity contribution in [2.45, 2.75) is 39.5 Å². The SMILES string of the molecule is CCOCCOCCCNC(=O)CCC1C(=O)CC(C)C1=O. The van der Waals surface area contributed by atoms with E-state index in [2.05, 4.69) is 5.32 Å². The lowest BCUT2D eigenvalue weighted by atomic mass is 9.98. The average Bonchev–Trinajstić information content (AvgIpc) is 2.73. The van der Waals surface area contributed by atoms with Crippen LogP contribution in [0.15, 0.2) is 0 Å². The zero-order valence-corrected chi connectivity index (χ0v) is 13.6. The Bertz CT molecular complexity index is 383. The molecule has 0 aliphatic heterocycles. The molecular weight excluding hydrogens is 286 g/mol. The van der Waals surface area contributed by atoms with E-state index in [-0.39, 0.29) is 29.8 Å². The van der Waals surface area contributed by atoms with E-state index in [0.717, 1.165) is 6.42 Å². The van der Waals surface area contributed by atoms with Gasteiger partial charge in [-0.3, -0.25) is 14.4 Å². The van der Waals surface area contributed by atoms with Crippen molar-refractivity contribution >= 4 is 17.5 Å². The quantitative estimate of drug-likeness (QED) is 0.456. The second kappa shape index (κ2) is 10.5. The molecule has 0 radical (unpaired) electrons. The van der Waals surface area contributed by atoms with Crippen molar-refractivity contribution in [2.75, 3.05) is 33.0 Å². The molecule has 1 aliphatic rings. The highest BCUT2D eigenvalue weighted by atomic mass is 16.5. The predicted octanol–water partition coefficient (Wildman–Crippen LogP) is 1.12. The van der Waals surface area contributed by atoms with Crippen LogP contribution >= 0.6 is 0 Å². The third-order valence-corrected chi connectivity index (χ3v) is 3.75. The largest absolute Gasteiger partial charge is 0.379 e. The van der Waals surface area contributed by atoms with Gasteiger partial charge in [-0.1, -0.05) is 6.92 Å². The first-order chi connectivity index (χ1) is 10.6. The van der Waals surface area contributed by atoms with E-state index >= 15 is 0 Å². The number of hydrogen-bond donors (Lipinski definition) is 1. The molecule has 1 fully saturated rings. The number of amides is 1. The minimum absolute atomic E-state index is 0.0134. The van der Waals surface area contributed by atoms with Crippen molar-refractivity contribution in [2.24, 2.45) is 11.8 Å².